The van der Waals surface area contributed by atoms with Crippen LogP contribution in [0.15, 0.2) is 48.5 Å². The second kappa shape index (κ2) is 14.7. The number of benzene rings is 3. The van der Waals surface area contributed by atoms with E-state index < -0.39 is 11.6 Å². The Morgan fingerprint density at radius 1 is 0.811 bits per heavy atom. The number of halogens is 2. The smallest absolute Gasteiger partial charge is 0.338 e. The lowest BCUT2D eigenvalue weighted by Crippen LogP contribution is -2.11. The summed E-state index contributed by atoms with van der Waals surface area (Å²) >= 11 is 0. The summed E-state index contributed by atoms with van der Waals surface area (Å²) in [7, 11) is 0. The minimum absolute atomic E-state index is 0.0504. The lowest BCUT2D eigenvalue weighted by Gasteiger charge is -2.12. The van der Waals surface area contributed by atoms with Gasteiger partial charge in [0.25, 0.3) is 0 Å². The minimum Gasteiger partial charge on any atom is -0.490 e. The number of hydrogen-bond acceptors (Lipinski definition) is 3. The summed E-state index contributed by atoms with van der Waals surface area (Å²) < 4.78 is 40.6. The summed E-state index contributed by atoms with van der Waals surface area (Å²) in [6.07, 6.45) is 10.2. The van der Waals surface area contributed by atoms with Crippen LogP contribution in [0.4, 0.5) is 8.78 Å². The summed E-state index contributed by atoms with van der Waals surface area (Å²) in [5.74, 6) is -1.98. The molecule has 3 rings (SSSR count). The minimum atomic E-state index is -0.962. The SMILES string of the molecule is CCCCCCCCCCOc1ccc(-c2ccc3cc(C(=O)OCC(C)CC)ccc3c2)c(F)c1F. The summed E-state index contributed by atoms with van der Waals surface area (Å²) in [5, 5.41) is 1.65. The molecule has 5 heteroatoms. The molecule has 0 amide bonds. The number of rotatable bonds is 15. The molecule has 0 N–H and O–H groups in total. The zero-order valence-corrected chi connectivity index (χ0v) is 22.5. The molecule has 1 atom stereocenters. The fourth-order valence-electron chi connectivity index (χ4n) is 4.24. The average molecular weight is 511 g/mol. The number of esters is 1. The lowest BCUT2D eigenvalue weighted by molar-refractivity contribution is 0.0447. The molecule has 0 radical (unpaired) electrons. The Morgan fingerprint density at radius 3 is 2.22 bits per heavy atom. The van der Waals surface area contributed by atoms with Crippen LogP contribution in [0.3, 0.4) is 0 Å². The van der Waals surface area contributed by atoms with Crippen LogP contribution in [-0.2, 0) is 4.74 Å². The Balaban J connectivity index is 1.60. The standard InChI is InChI=1S/C32H40F2O3/c1-4-6-7-8-9-10-11-12-19-36-29-18-17-28(30(33)31(29)34)26-15-13-25-21-27(16-14-24(25)20-26)32(35)37-22-23(3)5-2/h13-18,20-21,23H,4-12,19,22H2,1-3H3. The molecular formula is C32H40F2O3. The number of ether oxygens (including phenoxy) is 2. The van der Waals surface area contributed by atoms with Gasteiger partial charge in [-0.05, 0) is 59.0 Å². The van der Waals surface area contributed by atoms with E-state index in [1.165, 1.54) is 38.2 Å². The molecule has 0 aliphatic heterocycles. The van der Waals surface area contributed by atoms with Crippen molar-refractivity contribution in [2.75, 3.05) is 13.2 Å². The van der Waals surface area contributed by atoms with E-state index in [4.69, 9.17) is 9.47 Å². The van der Waals surface area contributed by atoms with E-state index >= 15 is 0 Å². The number of fused-ring (bicyclic) bond motifs is 1. The van der Waals surface area contributed by atoms with Gasteiger partial charge in [0.1, 0.15) is 0 Å². The van der Waals surface area contributed by atoms with Crippen molar-refractivity contribution < 1.29 is 23.0 Å². The van der Waals surface area contributed by atoms with E-state index in [1.54, 1.807) is 42.5 Å². The molecule has 0 heterocycles. The molecule has 37 heavy (non-hydrogen) atoms. The normalized spacial score (nSPS) is 12.0. The maximum Gasteiger partial charge on any atom is 0.338 e. The lowest BCUT2D eigenvalue weighted by atomic mass is 9.99. The molecule has 3 aromatic rings. The first-order valence-electron chi connectivity index (χ1n) is 13.8. The van der Waals surface area contributed by atoms with Crippen LogP contribution in [0, 0.1) is 17.6 Å². The number of carbonyl (C=O) groups excluding carboxylic acids is 1. The van der Waals surface area contributed by atoms with Gasteiger partial charge in [0.15, 0.2) is 11.6 Å². The van der Waals surface area contributed by atoms with Gasteiger partial charge in [0.05, 0.1) is 18.8 Å². The first kappa shape index (κ1) is 28.6. The largest absolute Gasteiger partial charge is 0.490 e. The Kier molecular flexibility index (Phi) is 11.4. The van der Waals surface area contributed by atoms with Crippen molar-refractivity contribution in [1.82, 2.24) is 0 Å². The van der Waals surface area contributed by atoms with Crippen LogP contribution in [0.25, 0.3) is 21.9 Å². The van der Waals surface area contributed by atoms with Gasteiger partial charge in [-0.3, -0.25) is 0 Å². The van der Waals surface area contributed by atoms with Crippen molar-refractivity contribution in [3.63, 3.8) is 0 Å². The van der Waals surface area contributed by atoms with Crippen LogP contribution in [0.1, 0.15) is 88.9 Å². The number of carbonyl (C=O) groups is 1. The van der Waals surface area contributed by atoms with Gasteiger partial charge in [0, 0.05) is 5.56 Å². The highest BCUT2D eigenvalue weighted by Crippen LogP contribution is 2.32. The molecule has 0 fully saturated rings. The maximum absolute atomic E-state index is 15.0. The quantitative estimate of drug-likeness (QED) is 0.151. The Hall–Kier alpha value is -2.95. The van der Waals surface area contributed by atoms with Crippen molar-refractivity contribution in [2.45, 2.75) is 78.6 Å². The Labute approximate surface area is 220 Å². The van der Waals surface area contributed by atoms with E-state index in [-0.39, 0.29) is 17.3 Å². The Bertz CT molecular complexity index is 1160. The third kappa shape index (κ3) is 8.28. The van der Waals surface area contributed by atoms with E-state index in [0.717, 1.165) is 36.5 Å². The van der Waals surface area contributed by atoms with Crippen LogP contribution in [0.5, 0.6) is 5.75 Å². The highest BCUT2D eigenvalue weighted by atomic mass is 19.2. The topological polar surface area (TPSA) is 35.5 Å². The third-order valence-corrected chi connectivity index (χ3v) is 6.89. The highest BCUT2D eigenvalue weighted by molar-refractivity contribution is 5.96. The van der Waals surface area contributed by atoms with Crippen molar-refractivity contribution in [3.05, 3.63) is 65.7 Å². The molecule has 3 aromatic carbocycles. The Morgan fingerprint density at radius 2 is 1.49 bits per heavy atom. The average Bonchev–Trinajstić information content (AvgIpc) is 2.92. The van der Waals surface area contributed by atoms with Crippen molar-refractivity contribution in [1.29, 1.82) is 0 Å². The van der Waals surface area contributed by atoms with Crippen LogP contribution < -0.4 is 4.74 Å². The zero-order valence-electron chi connectivity index (χ0n) is 22.5. The first-order chi connectivity index (χ1) is 17.9. The second-order valence-electron chi connectivity index (χ2n) is 9.95. The van der Waals surface area contributed by atoms with Crippen LogP contribution in [0.2, 0.25) is 0 Å². The molecule has 0 aliphatic rings. The molecule has 0 saturated carbocycles. The first-order valence-corrected chi connectivity index (χ1v) is 13.8. The maximum atomic E-state index is 15.0. The van der Waals surface area contributed by atoms with Crippen molar-refractivity contribution >= 4 is 16.7 Å². The molecule has 1 unspecified atom stereocenters. The van der Waals surface area contributed by atoms with Crippen molar-refractivity contribution in [2.24, 2.45) is 5.92 Å². The van der Waals surface area contributed by atoms with Gasteiger partial charge in [0.2, 0.25) is 5.82 Å². The summed E-state index contributed by atoms with van der Waals surface area (Å²) in [6.45, 7) is 7.06. The highest BCUT2D eigenvalue weighted by Gasteiger charge is 2.17. The van der Waals surface area contributed by atoms with E-state index in [1.807, 2.05) is 6.92 Å². The van der Waals surface area contributed by atoms with Gasteiger partial charge in [-0.15, -0.1) is 0 Å². The van der Waals surface area contributed by atoms with Crippen LogP contribution >= 0.6 is 0 Å². The fraction of sp³-hybridized carbons (Fsp3) is 0.469. The zero-order chi connectivity index (χ0) is 26.6. The van der Waals surface area contributed by atoms with Gasteiger partial charge < -0.3 is 9.47 Å². The molecule has 0 aromatic heterocycles. The molecule has 0 spiro atoms. The van der Waals surface area contributed by atoms with Gasteiger partial charge in [-0.2, -0.15) is 4.39 Å². The monoisotopic (exact) mass is 510 g/mol. The van der Waals surface area contributed by atoms with E-state index in [0.29, 0.717) is 30.3 Å². The predicted octanol–water partition coefficient (Wildman–Crippen LogP) is 9.51. The summed E-state index contributed by atoms with van der Waals surface area (Å²) in [4.78, 5) is 12.4. The van der Waals surface area contributed by atoms with Crippen molar-refractivity contribution in [3.8, 4) is 16.9 Å². The van der Waals surface area contributed by atoms with Gasteiger partial charge in [-0.1, -0.05) is 90.3 Å². The predicted molar refractivity (Wildman–Crippen MR) is 147 cm³/mol. The van der Waals surface area contributed by atoms with Crippen LogP contribution in [-0.4, -0.2) is 19.2 Å². The van der Waals surface area contributed by atoms with Gasteiger partial charge >= 0.3 is 5.97 Å². The molecule has 200 valence electrons. The van der Waals surface area contributed by atoms with E-state index in [9.17, 15) is 13.6 Å². The molecule has 0 bridgehead atoms. The summed E-state index contributed by atoms with van der Waals surface area (Å²) in [5.41, 5.74) is 1.21. The number of hydrogen-bond donors (Lipinski definition) is 0. The summed E-state index contributed by atoms with van der Waals surface area (Å²) in [6, 6.07) is 13.6. The molecule has 0 aliphatic carbocycles. The van der Waals surface area contributed by atoms with E-state index in [2.05, 4.69) is 13.8 Å². The second-order valence-corrected chi connectivity index (χ2v) is 9.95. The molecular weight excluding hydrogens is 470 g/mol. The third-order valence-electron chi connectivity index (χ3n) is 6.89. The molecule has 0 saturated heterocycles. The molecule has 3 nitrogen and oxygen atoms in total. The number of unbranched alkanes of at least 4 members (excludes halogenated alkanes) is 7. The van der Waals surface area contributed by atoms with Gasteiger partial charge in [-0.25, -0.2) is 9.18 Å². The fourth-order valence-corrected chi connectivity index (χ4v) is 4.24.